The molecule has 1 N–H and O–H groups in total. The van der Waals surface area contributed by atoms with Crippen molar-refractivity contribution in [2.45, 2.75) is 52.1 Å². The van der Waals surface area contributed by atoms with E-state index in [9.17, 15) is 4.79 Å². The largest absolute Gasteiger partial charge is 0.495 e. The van der Waals surface area contributed by atoms with Crippen molar-refractivity contribution in [3.05, 3.63) is 96.7 Å². The summed E-state index contributed by atoms with van der Waals surface area (Å²) in [5, 5.41) is 0.993. The fraction of sp³-hybridized carbons (Fsp3) is 0.306. The van der Waals surface area contributed by atoms with Crippen LogP contribution in [0.15, 0.2) is 85.3 Å². The minimum atomic E-state index is -0.0536. The first-order valence-electron chi connectivity index (χ1n) is 15.1. The van der Waals surface area contributed by atoms with Crippen LogP contribution in [0.2, 0.25) is 0 Å². The summed E-state index contributed by atoms with van der Waals surface area (Å²) in [6.07, 6.45) is 6.35. The molecule has 0 bridgehead atoms. The van der Waals surface area contributed by atoms with Gasteiger partial charge in [0.1, 0.15) is 5.75 Å². The molecule has 1 amide bonds. The molecule has 2 aromatic heterocycles. The quantitative estimate of drug-likeness (QED) is 0.218. The molecule has 1 aliphatic rings. The number of nitrogens with one attached hydrogen (secondary N) is 1. The molecule has 6 rings (SSSR count). The Morgan fingerprint density at radius 3 is 2.26 bits per heavy atom. The third-order valence-electron chi connectivity index (χ3n) is 8.85. The van der Waals surface area contributed by atoms with Crippen molar-refractivity contribution in [1.82, 2.24) is 19.9 Å². The molecule has 0 radical (unpaired) electrons. The third kappa shape index (κ3) is 5.36. The normalized spacial score (nSPS) is 17.7. The van der Waals surface area contributed by atoms with Crippen molar-refractivity contribution >= 4 is 22.5 Å². The summed E-state index contributed by atoms with van der Waals surface area (Å²) in [6, 6.07) is 23.8. The maximum absolute atomic E-state index is 13.0. The van der Waals surface area contributed by atoms with Crippen molar-refractivity contribution in [3.63, 3.8) is 0 Å². The van der Waals surface area contributed by atoms with Gasteiger partial charge in [-0.1, -0.05) is 62.4 Å². The van der Waals surface area contributed by atoms with Crippen LogP contribution >= 0.6 is 0 Å². The molecule has 3 heterocycles. The summed E-state index contributed by atoms with van der Waals surface area (Å²) < 4.78 is 6.01. The molecule has 7 heteroatoms. The number of aromatic amines is 1. The summed E-state index contributed by atoms with van der Waals surface area (Å²) in [5.74, 6) is 1.70. The van der Waals surface area contributed by atoms with Crippen molar-refractivity contribution in [2.75, 3.05) is 25.1 Å². The number of anilines is 1. The number of hydrogen-bond donors (Lipinski definition) is 1. The number of piperazine rings is 1. The summed E-state index contributed by atoms with van der Waals surface area (Å²) in [6.45, 7) is 10.2. The topological polar surface area (TPSA) is 74.3 Å². The monoisotopic (exact) mass is 573 g/mol. The average Bonchev–Trinajstić information content (AvgIpc) is 3.59. The van der Waals surface area contributed by atoms with Gasteiger partial charge in [-0.25, -0.2) is 4.98 Å². The van der Waals surface area contributed by atoms with Crippen LogP contribution in [0.5, 0.6) is 5.75 Å². The van der Waals surface area contributed by atoms with Crippen molar-refractivity contribution in [3.8, 4) is 28.0 Å². The van der Waals surface area contributed by atoms with Crippen LogP contribution in [0.3, 0.4) is 0 Å². The lowest BCUT2D eigenvalue weighted by molar-refractivity contribution is 0.0563. The number of amides is 1. The van der Waals surface area contributed by atoms with Crippen LogP contribution in [0.25, 0.3) is 33.2 Å². The second-order valence-electron chi connectivity index (χ2n) is 11.6. The van der Waals surface area contributed by atoms with Crippen LogP contribution < -0.4 is 9.64 Å². The number of aromatic nitrogens is 3. The third-order valence-corrected chi connectivity index (χ3v) is 8.85. The molecule has 1 fully saturated rings. The number of imidazole rings is 1. The van der Waals surface area contributed by atoms with Gasteiger partial charge in [0.25, 0.3) is 5.91 Å². The van der Waals surface area contributed by atoms with Crippen molar-refractivity contribution < 1.29 is 9.53 Å². The number of H-pyrrole nitrogens is 1. The van der Waals surface area contributed by atoms with Crippen molar-refractivity contribution in [1.29, 1.82) is 0 Å². The zero-order chi connectivity index (χ0) is 30.1. The lowest BCUT2D eigenvalue weighted by Crippen LogP contribution is -2.59. The zero-order valence-corrected chi connectivity index (χ0v) is 25.5. The zero-order valence-electron chi connectivity index (χ0n) is 25.5. The van der Waals surface area contributed by atoms with Gasteiger partial charge < -0.3 is 19.5 Å². The van der Waals surface area contributed by atoms with E-state index in [0.717, 1.165) is 64.1 Å². The van der Waals surface area contributed by atoms with E-state index < -0.39 is 0 Å². The average molecular weight is 574 g/mol. The summed E-state index contributed by atoms with van der Waals surface area (Å²) >= 11 is 0. The molecule has 3 atom stereocenters. The summed E-state index contributed by atoms with van der Waals surface area (Å²) in [7, 11) is 1.73. The van der Waals surface area contributed by atoms with E-state index in [4.69, 9.17) is 9.72 Å². The Balaban J connectivity index is 1.25. The van der Waals surface area contributed by atoms with E-state index >= 15 is 0 Å². The number of hydrogen-bond acceptors (Lipinski definition) is 5. The van der Waals surface area contributed by atoms with Gasteiger partial charge >= 0.3 is 0 Å². The number of benzene rings is 3. The van der Waals surface area contributed by atoms with Crippen LogP contribution in [-0.2, 0) is 0 Å². The first-order valence-corrected chi connectivity index (χ1v) is 15.1. The van der Waals surface area contributed by atoms with Crippen LogP contribution in [0.4, 0.5) is 5.69 Å². The molecule has 5 aromatic rings. The highest BCUT2D eigenvalue weighted by atomic mass is 16.5. The van der Waals surface area contributed by atoms with Crippen LogP contribution in [0, 0.1) is 0 Å². The van der Waals surface area contributed by atoms with Crippen molar-refractivity contribution in [2.24, 2.45) is 0 Å². The summed E-state index contributed by atoms with van der Waals surface area (Å²) in [5.41, 5.74) is 7.67. The highest BCUT2D eigenvalue weighted by Gasteiger charge is 2.34. The lowest BCUT2D eigenvalue weighted by atomic mass is 9.94. The number of pyridine rings is 1. The number of methoxy groups -OCH3 is 1. The molecule has 3 aromatic carbocycles. The molecule has 0 saturated carbocycles. The van der Waals surface area contributed by atoms with E-state index in [-0.39, 0.29) is 18.0 Å². The molecule has 220 valence electrons. The highest BCUT2D eigenvalue weighted by molar-refractivity contribution is 6.00. The van der Waals surface area contributed by atoms with Gasteiger partial charge in [-0.15, -0.1) is 0 Å². The van der Waals surface area contributed by atoms with E-state index in [0.29, 0.717) is 11.7 Å². The molecular formula is C36H39N5O2. The SMILES string of the molecule is CCC(C)c1ccc(-c2cccc3c(OC)c(-c4ccc(N5CC(C)N(C(=O)c6ncc[nH]6)[C@@H](C)C5)cc4)cnc23)cc1. The van der Waals surface area contributed by atoms with Gasteiger partial charge in [-0.3, -0.25) is 9.78 Å². The lowest BCUT2D eigenvalue weighted by Gasteiger charge is -2.45. The van der Waals surface area contributed by atoms with Gasteiger partial charge in [0, 0.05) is 66.0 Å². The number of fused-ring (bicyclic) bond motifs is 1. The first kappa shape index (κ1) is 28.5. The highest BCUT2D eigenvalue weighted by Crippen LogP contribution is 2.39. The minimum Gasteiger partial charge on any atom is -0.495 e. The maximum Gasteiger partial charge on any atom is 0.290 e. The second-order valence-corrected chi connectivity index (χ2v) is 11.6. The number of carbonyl (C=O) groups is 1. The Hall–Kier alpha value is -4.65. The maximum atomic E-state index is 13.0. The fourth-order valence-electron chi connectivity index (χ4n) is 6.37. The van der Waals surface area contributed by atoms with Crippen LogP contribution in [0.1, 0.15) is 56.2 Å². The number of para-hydroxylation sites is 1. The minimum absolute atomic E-state index is 0.0475. The Kier molecular flexibility index (Phi) is 7.89. The predicted octanol–water partition coefficient (Wildman–Crippen LogP) is 7.55. The Morgan fingerprint density at radius 2 is 1.63 bits per heavy atom. The standard InChI is InChI=1S/C36H39N5O2/c1-6-23(2)26-10-12-27(13-11-26)30-8-7-9-31-33(30)39-20-32(34(31)43-5)28-14-16-29(17-15-28)40-21-24(3)41(25(4)22-40)36(42)35-37-18-19-38-35/h7-20,23-25H,6,21-22H2,1-5H3,(H,37,38)/t23?,24-,25?/m0/s1. The number of nitrogens with zero attached hydrogens (tertiary/aromatic N) is 4. The molecule has 2 unspecified atom stereocenters. The second kappa shape index (κ2) is 11.9. The van der Waals surface area contributed by atoms with E-state index in [1.807, 2.05) is 11.1 Å². The molecule has 1 saturated heterocycles. The van der Waals surface area contributed by atoms with Gasteiger partial charge in [0.15, 0.2) is 5.82 Å². The van der Waals surface area contributed by atoms with E-state index in [1.165, 1.54) is 5.56 Å². The number of carbonyl (C=O) groups excluding carboxylic acids is 1. The molecule has 1 aliphatic heterocycles. The Labute approximate surface area is 253 Å². The predicted molar refractivity (Wildman–Crippen MR) is 174 cm³/mol. The molecule has 43 heavy (non-hydrogen) atoms. The van der Waals surface area contributed by atoms with E-state index in [2.05, 4.69) is 109 Å². The van der Waals surface area contributed by atoms with E-state index in [1.54, 1.807) is 19.5 Å². The Morgan fingerprint density at radius 1 is 0.953 bits per heavy atom. The van der Waals surface area contributed by atoms with Gasteiger partial charge in [0.2, 0.25) is 0 Å². The van der Waals surface area contributed by atoms with Gasteiger partial charge in [0.05, 0.1) is 12.6 Å². The first-order chi connectivity index (χ1) is 20.9. The molecule has 7 nitrogen and oxygen atoms in total. The molecule has 0 aliphatic carbocycles. The smallest absolute Gasteiger partial charge is 0.290 e. The van der Waals surface area contributed by atoms with Gasteiger partial charge in [-0.05, 0) is 61.1 Å². The molecule has 0 spiro atoms. The summed E-state index contributed by atoms with van der Waals surface area (Å²) in [4.78, 5) is 29.4. The van der Waals surface area contributed by atoms with Crippen LogP contribution in [-0.4, -0.2) is 58.0 Å². The number of ether oxygens (including phenoxy) is 1. The fourth-order valence-corrected chi connectivity index (χ4v) is 6.37. The van der Waals surface area contributed by atoms with Gasteiger partial charge in [-0.2, -0.15) is 0 Å². The Bertz CT molecular complexity index is 1700. The molecular weight excluding hydrogens is 534 g/mol. The number of rotatable bonds is 7.